The molecule has 0 bridgehead atoms. The van der Waals surface area contributed by atoms with E-state index in [4.69, 9.17) is 27.9 Å². The number of para-hydroxylation sites is 1. The molecular formula is C13H10Cl2O3S2. The number of hydrogen-bond acceptors (Lipinski definition) is 4. The van der Waals surface area contributed by atoms with Crippen LogP contribution in [0.4, 0.5) is 0 Å². The van der Waals surface area contributed by atoms with Crippen LogP contribution < -0.4 is 4.74 Å². The highest BCUT2D eigenvalue weighted by Gasteiger charge is 2.19. The summed E-state index contributed by atoms with van der Waals surface area (Å²) >= 11 is 12.8. The molecule has 0 aliphatic rings. The van der Waals surface area contributed by atoms with Gasteiger partial charge in [-0.25, -0.2) is 0 Å². The van der Waals surface area contributed by atoms with E-state index in [9.17, 15) is 9.00 Å². The Bertz CT molecular complexity index is 667. The van der Waals surface area contributed by atoms with Crippen molar-refractivity contribution in [2.45, 2.75) is 4.90 Å². The smallest absolute Gasteiger partial charge is 0.178 e. The quantitative estimate of drug-likeness (QED) is 0.765. The van der Waals surface area contributed by atoms with Crippen molar-refractivity contribution in [2.24, 2.45) is 0 Å². The summed E-state index contributed by atoms with van der Waals surface area (Å²) in [6, 6.07) is 8.39. The molecule has 0 aliphatic carbocycles. The van der Waals surface area contributed by atoms with Gasteiger partial charge in [0.05, 0.1) is 32.9 Å². The summed E-state index contributed by atoms with van der Waals surface area (Å²) in [5, 5.41) is 0. The number of rotatable bonds is 5. The number of ether oxygens (including phenoxy) is 1. The van der Waals surface area contributed by atoms with E-state index in [0.717, 1.165) is 11.3 Å². The van der Waals surface area contributed by atoms with E-state index in [-0.39, 0.29) is 11.5 Å². The van der Waals surface area contributed by atoms with Crippen LogP contribution in [0.3, 0.4) is 0 Å². The Morgan fingerprint density at radius 3 is 2.65 bits per heavy atom. The van der Waals surface area contributed by atoms with Gasteiger partial charge in [0.2, 0.25) is 0 Å². The number of carbonyl (C=O) groups excluding carboxylic acids is 1. The molecule has 0 aliphatic heterocycles. The third-order valence-electron chi connectivity index (χ3n) is 2.53. The minimum atomic E-state index is -1.50. The third kappa shape index (κ3) is 3.41. The van der Waals surface area contributed by atoms with Gasteiger partial charge in [-0.05, 0) is 18.2 Å². The normalized spacial score (nSPS) is 12.2. The van der Waals surface area contributed by atoms with Gasteiger partial charge in [0.1, 0.15) is 10.1 Å². The molecule has 1 atom stereocenters. The van der Waals surface area contributed by atoms with E-state index in [0.29, 0.717) is 24.9 Å². The number of carbonyl (C=O) groups is 1. The summed E-state index contributed by atoms with van der Waals surface area (Å²) in [6.07, 6.45) is 0. The standard InChI is InChI=1S/C13H10Cl2O3S2/c1-18-10-4-2-3-5-11(10)20(17)7-9(16)8-6-12(14)19-13(8)15/h2-6H,7H2,1H3. The van der Waals surface area contributed by atoms with Gasteiger partial charge in [-0.2, -0.15) is 0 Å². The van der Waals surface area contributed by atoms with Gasteiger partial charge in [-0.1, -0.05) is 35.3 Å². The molecule has 7 heteroatoms. The molecule has 0 fully saturated rings. The van der Waals surface area contributed by atoms with Gasteiger partial charge in [0.25, 0.3) is 0 Å². The monoisotopic (exact) mass is 348 g/mol. The van der Waals surface area contributed by atoms with Gasteiger partial charge in [-0.15, -0.1) is 11.3 Å². The number of methoxy groups -OCH3 is 1. The summed E-state index contributed by atoms with van der Waals surface area (Å²) < 4.78 is 18.1. The summed E-state index contributed by atoms with van der Waals surface area (Å²) in [5.74, 6) is 0.0307. The molecule has 0 N–H and O–H groups in total. The Kier molecular flexibility index (Phi) is 5.21. The predicted octanol–water partition coefficient (Wildman–Crippen LogP) is 4.05. The molecule has 3 nitrogen and oxygen atoms in total. The predicted molar refractivity (Wildman–Crippen MR) is 82.9 cm³/mol. The van der Waals surface area contributed by atoms with Crippen LogP contribution >= 0.6 is 34.5 Å². The van der Waals surface area contributed by atoms with E-state index >= 15 is 0 Å². The molecule has 1 heterocycles. The molecule has 2 aromatic rings. The Morgan fingerprint density at radius 2 is 2.05 bits per heavy atom. The van der Waals surface area contributed by atoms with Crippen LogP contribution in [0.15, 0.2) is 35.2 Å². The number of halogens is 2. The average molecular weight is 349 g/mol. The zero-order valence-electron chi connectivity index (χ0n) is 10.4. The lowest BCUT2D eigenvalue weighted by atomic mass is 10.2. The maximum atomic E-state index is 12.3. The molecule has 106 valence electrons. The van der Waals surface area contributed by atoms with Crippen molar-refractivity contribution in [2.75, 3.05) is 12.9 Å². The van der Waals surface area contributed by atoms with Crippen LogP contribution in [0, 0.1) is 0 Å². The van der Waals surface area contributed by atoms with Crippen LogP contribution in [0.5, 0.6) is 5.75 Å². The lowest BCUT2D eigenvalue weighted by molar-refractivity contribution is 0.102. The minimum Gasteiger partial charge on any atom is -0.495 e. The molecule has 0 spiro atoms. The summed E-state index contributed by atoms with van der Waals surface area (Å²) in [5.41, 5.74) is 0.310. The SMILES string of the molecule is COc1ccccc1S(=O)CC(=O)c1cc(Cl)sc1Cl. The zero-order chi connectivity index (χ0) is 14.7. The maximum absolute atomic E-state index is 12.3. The van der Waals surface area contributed by atoms with E-state index in [2.05, 4.69) is 0 Å². The summed E-state index contributed by atoms with van der Waals surface area (Å²) in [7, 11) is -0.00265. The molecule has 0 saturated heterocycles. The molecular weight excluding hydrogens is 339 g/mol. The number of Topliss-reactive ketones (excluding diaryl/α,β-unsaturated/α-hetero) is 1. The molecule has 1 unspecified atom stereocenters. The molecule has 2 rings (SSSR count). The van der Waals surface area contributed by atoms with E-state index in [1.807, 2.05) is 0 Å². The Hall–Kier alpha value is -0.880. The highest BCUT2D eigenvalue weighted by molar-refractivity contribution is 7.86. The fourth-order valence-electron chi connectivity index (χ4n) is 1.61. The van der Waals surface area contributed by atoms with Gasteiger partial charge in [0, 0.05) is 5.56 Å². The second-order valence-corrected chi connectivity index (χ2v) is 7.51. The van der Waals surface area contributed by atoms with Crippen molar-refractivity contribution in [3.8, 4) is 5.75 Å². The summed E-state index contributed by atoms with van der Waals surface area (Å²) in [6.45, 7) is 0. The van der Waals surface area contributed by atoms with Gasteiger partial charge in [-0.3, -0.25) is 9.00 Å². The van der Waals surface area contributed by atoms with Gasteiger partial charge < -0.3 is 4.74 Å². The van der Waals surface area contributed by atoms with E-state index in [1.165, 1.54) is 13.2 Å². The second-order valence-electron chi connectivity index (χ2n) is 3.80. The van der Waals surface area contributed by atoms with Gasteiger partial charge in [0.15, 0.2) is 5.78 Å². The largest absolute Gasteiger partial charge is 0.495 e. The molecule has 20 heavy (non-hydrogen) atoms. The lowest BCUT2D eigenvalue weighted by Crippen LogP contribution is -2.11. The molecule has 0 saturated carbocycles. The number of hydrogen-bond donors (Lipinski definition) is 0. The van der Waals surface area contributed by atoms with Crippen LogP contribution in [0.2, 0.25) is 8.67 Å². The lowest BCUT2D eigenvalue weighted by Gasteiger charge is -2.07. The van der Waals surface area contributed by atoms with Crippen LogP contribution in [0.25, 0.3) is 0 Å². The van der Waals surface area contributed by atoms with E-state index < -0.39 is 10.8 Å². The second kappa shape index (κ2) is 6.72. The van der Waals surface area contributed by atoms with Crippen LogP contribution in [-0.2, 0) is 10.8 Å². The topological polar surface area (TPSA) is 43.4 Å². The molecule has 0 amide bonds. The molecule has 1 aromatic heterocycles. The Labute approximate surface area is 132 Å². The van der Waals surface area contributed by atoms with E-state index in [1.54, 1.807) is 24.3 Å². The van der Waals surface area contributed by atoms with Crippen LogP contribution in [0.1, 0.15) is 10.4 Å². The van der Waals surface area contributed by atoms with Crippen molar-refractivity contribution in [1.29, 1.82) is 0 Å². The highest BCUT2D eigenvalue weighted by atomic mass is 35.5. The zero-order valence-corrected chi connectivity index (χ0v) is 13.5. The van der Waals surface area contributed by atoms with Crippen molar-refractivity contribution in [1.82, 2.24) is 0 Å². The Balaban J connectivity index is 2.19. The van der Waals surface area contributed by atoms with Crippen molar-refractivity contribution >= 4 is 51.1 Å². The van der Waals surface area contributed by atoms with Gasteiger partial charge >= 0.3 is 0 Å². The summed E-state index contributed by atoms with van der Waals surface area (Å²) in [4.78, 5) is 12.6. The number of ketones is 1. The first kappa shape index (κ1) is 15.5. The first-order valence-electron chi connectivity index (χ1n) is 5.52. The molecule has 0 radical (unpaired) electrons. The molecule has 1 aromatic carbocycles. The minimum absolute atomic E-state index is 0.160. The fraction of sp³-hybridized carbons (Fsp3) is 0.154. The number of thiophene rings is 1. The van der Waals surface area contributed by atoms with Crippen molar-refractivity contribution in [3.63, 3.8) is 0 Å². The first-order valence-corrected chi connectivity index (χ1v) is 8.41. The third-order valence-corrected chi connectivity index (χ3v) is 5.37. The van der Waals surface area contributed by atoms with Crippen molar-refractivity contribution in [3.05, 3.63) is 44.6 Å². The highest BCUT2D eigenvalue weighted by Crippen LogP contribution is 2.32. The van der Waals surface area contributed by atoms with Crippen molar-refractivity contribution < 1.29 is 13.7 Å². The van der Waals surface area contributed by atoms with Crippen LogP contribution in [-0.4, -0.2) is 22.9 Å². The average Bonchev–Trinajstić information content (AvgIpc) is 2.77. The fourth-order valence-corrected chi connectivity index (χ4v) is 4.27. The maximum Gasteiger partial charge on any atom is 0.178 e. The number of benzene rings is 1. The first-order chi connectivity index (χ1) is 9.52. The Morgan fingerprint density at radius 1 is 1.35 bits per heavy atom.